The van der Waals surface area contributed by atoms with Gasteiger partial charge < -0.3 is 15.0 Å². The lowest BCUT2D eigenvalue weighted by molar-refractivity contribution is -0.141. The average molecular weight is 232 g/mol. The zero-order chi connectivity index (χ0) is 12.3. The fraction of sp³-hybridized carbons (Fsp3) is 0.308. The van der Waals surface area contributed by atoms with Crippen molar-refractivity contribution >= 4 is 16.9 Å². The summed E-state index contributed by atoms with van der Waals surface area (Å²) in [5.41, 5.74) is 2.17. The first-order valence-corrected chi connectivity index (χ1v) is 5.56. The van der Waals surface area contributed by atoms with Gasteiger partial charge in [0.1, 0.15) is 0 Å². The number of methoxy groups -OCH3 is 1. The number of esters is 1. The number of carbonyl (C=O) groups excluding carboxylic acids is 1. The number of nitrogens with one attached hydrogen (secondary N) is 2. The fourth-order valence-corrected chi connectivity index (χ4v) is 2.00. The number of hydrogen-bond acceptors (Lipinski definition) is 3. The van der Waals surface area contributed by atoms with Gasteiger partial charge in [0.25, 0.3) is 0 Å². The van der Waals surface area contributed by atoms with Crippen molar-refractivity contribution in [1.29, 1.82) is 0 Å². The molecule has 0 saturated carbocycles. The number of H-pyrrole nitrogens is 1. The third kappa shape index (κ3) is 2.31. The van der Waals surface area contributed by atoms with Gasteiger partial charge in [0.2, 0.25) is 0 Å². The number of aromatic nitrogens is 1. The second-order valence-corrected chi connectivity index (χ2v) is 3.91. The third-order valence-electron chi connectivity index (χ3n) is 2.94. The molecule has 90 valence electrons. The second kappa shape index (κ2) is 5.01. The number of rotatable bonds is 4. The monoisotopic (exact) mass is 232 g/mol. The maximum atomic E-state index is 11.3. The molecule has 1 aromatic carbocycles. The normalized spacial score (nSPS) is 12.6. The summed E-state index contributed by atoms with van der Waals surface area (Å²) in [6.45, 7) is 0. The Kier molecular flexibility index (Phi) is 3.44. The van der Waals surface area contributed by atoms with Crippen molar-refractivity contribution in [2.45, 2.75) is 12.5 Å². The molecule has 4 nitrogen and oxygen atoms in total. The summed E-state index contributed by atoms with van der Waals surface area (Å²) >= 11 is 0. The summed E-state index contributed by atoms with van der Waals surface area (Å²) < 4.78 is 4.70. The van der Waals surface area contributed by atoms with E-state index in [0.29, 0.717) is 6.42 Å². The molecule has 2 N–H and O–H groups in total. The molecule has 1 unspecified atom stereocenters. The second-order valence-electron chi connectivity index (χ2n) is 3.91. The van der Waals surface area contributed by atoms with E-state index in [1.54, 1.807) is 0 Å². The molecule has 0 fully saturated rings. The van der Waals surface area contributed by atoms with Gasteiger partial charge in [-0.3, -0.25) is 4.79 Å². The van der Waals surface area contributed by atoms with Crippen molar-refractivity contribution < 1.29 is 9.53 Å². The molecule has 0 amide bonds. The van der Waals surface area contributed by atoms with Crippen LogP contribution in [0, 0.1) is 0 Å². The van der Waals surface area contributed by atoms with Crippen LogP contribution in [0.4, 0.5) is 0 Å². The standard InChI is InChI=1S/C13H16N2O2/c1-14-12(7-13(16)17-2)10-8-15-11-6-4-3-5-9(10)11/h3-6,8,12,14-15H,7H2,1-2H3. The maximum absolute atomic E-state index is 11.3. The van der Waals surface area contributed by atoms with E-state index in [-0.39, 0.29) is 12.0 Å². The van der Waals surface area contributed by atoms with E-state index < -0.39 is 0 Å². The number of carbonyl (C=O) groups is 1. The van der Waals surface area contributed by atoms with Gasteiger partial charge in [-0.2, -0.15) is 0 Å². The van der Waals surface area contributed by atoms with Crippen LogP contribution >= 0.6 is 0 Å². The average Bonchev–Trinajstić information content (AvgIpc) is 2.79. The lowest BCUT2D eigenvalue weighted by Crippen LogP contribution is -2.20. The van der Waals surface area contributed by atoms with Crippen LogP contribution in [0.25, 0.3) is 10.9 Å². The zero-order valence-corrected chi connectivity index (χ0v) is 9.99. The van der Waals surface area contributed by atoms with Crippen molar-refractivity contribution in [3.05, 3.63) is 36.0 Å². The SMILES string of the molecule is CNC(CC(=O)OC)c1c[nH]c2ccccc12. The lowest BCUT2D eigenvalue weighted by Gasteiger charge is -2.14. The van der Waals surface area contributed by atoms with E-state index in [0.717, 1.165) is 16.5 Å². The highest BCUT2D eigenvalue weighted by atomic mass is 16.5. The Morgan fingerprint density at radius 3 is 2.94 bits per heavy atom. The first kappa shape index (κ1) is 11.7. The Morgan fingerprint density at radius 2 is 2.24 bits per heavy atom. The lowest BCUT2D eigenvalue weighted by atomic mass is 10.0. The Hall–Kier alpha value is -1.81. The number of ether oxygens (including phenoxy) is 1. The minimum Gasteiger partial charge on any atom is -0.469 e. The Morgan fingerprint density at radius 1 is 1.47 bits per heavy atom. The number of fused-ring (bicyclic) bond motifs is 1. The number of aromatic amines is 1. The molecule has 2 rings (SSSR count). The molecular formula is C13H16N2O2. The van der Waals surface area contributed by atoms with Crippen molar-refractivity contribution in [2.24, 2.45) is 0 Å². The number of benzene rings is 1. The van der Waals surface area contributed by atoms with Gasteiger partial charge >= 0.3 is 5.97 Å². The Labute approximate surface area is 100.0 Å². The molecule has 1 heterocycles. The van der Waals surface area contributed by atoms with Crippen LogP contribution in [0.5, 0.6) is 0 Å². The summed E-state index contributed by atoms with van der Waals surface area (Å²) in [6.07, 6.45) is 2.27. The predicted molar refractivity (Wildman–Crippen MR) is 66.7 cm³/mol. The predicted octanol–water partition coefficient (Wildman–Crippen LogP) is 1.99. The van der Waals surface area contributed by atoms with Crippen molar-refractivity contribution in [1.82, 2.24) is 10.3 Å². The van der Waals surface area contributed by atoms with Gasteiger partial charge in [0.15, 0.2) is 0 Å². The molecule has 2 aromatic rings. The summed E-state index contributed by atoms with van der Waals surface area (Å²) in [5, 5.41) is 4.28. The van der Waals surface area contributed by atoms with Gasteiger partial charge in [-0.1, -0.05) is 18.2 Å². The first-order valence-electron chi connectivity index (χ1n) is 5.56. The van der Waals surface area contributed by atoms with Crippen LogP contribution < -0.4 is 5.32 Å². The van der Waals surface area contributed by atoms with Crippen molar-refractivity contribution in [2.75, 3.05) is 14.2 Å². The summed E-state index contributed by atoms with van der Waals surface area (Å²) in [6, 6.07) is 8.01. The molecule has 0 aliphatic carbocycles. The van der Waals surface area contributed by atoms with Crippen molar-refractivity contribution in [3.8, 4) is 0 Å². The summed E-state index contributed by atoms with van der Waals surface area (Å²) in [4.78, 5) is 14.5. The molecule has 0 radical (unpaired) electrons. The molecule has 1 atom stereocenters. The maximum Gasteiger partial charge on any atom is 0.307 e. The van der Waals surface area contributed by atoms with E-state index in [2.05, 4.69) is 10.3 Å². The van der Waals surface area contributed by atoms with Gasteiger partial charge in [-0.05, 0) is 18.7 Å². The molecule has 17 heavy (non-hydrogen) atoms. The van der Waals surface area contributed by atoms with E-state index >= 15 is 0 Å². The largest absolute Gasteiger partial charge is 0.469 e. The highest BCUT2D eigenvalue weighted by Crippen LogP contribution is 2.25. The summed E-state index contributed by atoms with van der Waals surface area (Å²) in [7, 11) is 3.25. The van der Waals surface area contributed by atoms with Gasteiger partial charge in [0.05, 0.1) is 13.5 Å². The van der Waals surface area contributed by atoms with Crippen molar-refractivity contribution in [3.63, 3.8) is 0 Å². The van der Waals surface area contributed by atoms with E-state index in [1.165, 1.54) is 7.11 Å². The van der Waals surface area contributed by atoms with Gasteiger partial charge in [-0.25, -0.2) is 0 Å². The molecule has 0 spiro atoms. The quantitative estimate of drug-likeness (QED) is 0.793. The van der Waals surface area contributed by atoms with E-state index in [9.17, 15) is 4.79 Å². The van der Waals surface area contributed by atoms with E-state index in [4.69, 9.17) is 4.74 Å². The molecular weight excluding hydrogens is 216 g/mol. The van der Waals surface area contributed by atoms with Gasteiger partial charge in [-0.15, -0.1) is 0 Å². The molecule has 0 bridgehead atoms. The van der Waals surface area contributed by atoms with Crippen LogP contribution in [-0.2, 0) is 9.53 Å². The third-order valence-corrected chi connectivity index (χ3v) is 2.94. The van der Waals surface area contributed by atoms with Crippen LogP contribution in [0.15, 0.2) is 30.5 Å². The molecule has 0 aliphatic heterocycles. The minimum atomic E-state index is -0.213. The topological polar surface area (TPSA) is 54.1 Å². The van der Waals surface area contributed by atoms with Crippen LogP contribution in [0.1, 0.15) is 18.0 Å². The van der Waals surface area contributed by atoms with Crippen LogP contribution in [0.3, 0.4) is 0 Å². The highest BCUT2D eigenvalue weighted by molar-refractivity contribution is 5.84. The zero-order valence-electron chi connectivity index (χ0n) is 9.99. The molecule has 4 heteroatoms. The number of para-hydroxylation sites is 1. The smallest absolute Gasteiger partial charge is 0.307 e. The summed E-state index contributed by atoms with van der Waals surface area (Å²) in [5.74, 6) is -0.213. The van der Waals surface area contributed by atoms with Crippen LogP contribution in [0.2, 0.25) is 0 Å². The Bertz CT molecular complexity index is 519. The first-order chi connectivity index (χ1) is 8.26. The molecule has 1 aromatic heterocycles. The van der Waals surface area contributed by atoms with E-state index in [1.807, 2.05) is 37.5 Å². The van der Waals surface area contributed by atoms with Gasteiger partial charge in [0, 0.05) is 23.1 Å². The fourth-order valence-electron chi connectivity index (χ4n) is 2.00. The molecule has 0 aliphatic rings. The highest BCUT2D eigenvalue weighted by Gasteiger charge is 2.17. The Balaban J connectivity index is 2.33. The minimum absolute atomic E-state index is 0.0291. The number of hydrogen-bond donors (Lipinski definition) is 2. The van der Waals surface area contributed by atoms with Crippen LogP contribution in [-0.4, -0.2) is 25.1 Å². The molecule has 0 saturated heterocycles.